The van der Waals surface area contributed by atoms with Crippen LogP contribution in [-0.2, 0) is 4.79 Å². The second kappa shape index (κ2) is 4.81. The molecule has 2 nitrogen and oxygen atoms in total. The number of aliphatic hydroxyl groups excluding tert-OH is 1. The molecule has 1 N–H and O–H groups in total. The maximum absolute atomic E-state index is 11.7. The number of carbonyl (C=O) groups excluding carboxylic acids is 1. The number of aliphatic hydroxyl groups is 1. The summed E-state index contributed by atoms with van der Waals surface area (Å²) in [6.45, 7) is 2.25. The largest absolute Gasteiger partial charge is 0.388 e. The third-order valence-corrected chi connectivity index (χ3v) is 7.17. The van der Waals surface area contributed by atoms with E-state index >= 15 is 0 Å². The molecule has 0 heterocycles. The highest BCUT2D eigenvalue weighted by Crippen LogP contribution is 2.61. The van der Waals surface area contributed by atoms with E-state index in [-0.39, 0.29) is 11.5 Å². The highest BCUT2D eigenvalue weighted by molar-refractivity contribution is 5.91. The Morgan fingerprint density at radius 1 is 1.19 bits per heavy atom. The smallest absolute Gasteiger partial charge is 0.155 e. The first kappa shape index (κ1) is 13.8. The second-order valence-corrected chi connectivity index (χ2v) is 7.68. The fourth-order valence-electron chi connectivity index (χ4n) is 6.07. The Hall–Kier alpha value is -0.890. The number of rotatable bonds is 1. The van der Waals surface area contributed by atoms with Crippen LogP contribution in [0.15, 0.2) is 23.8 Å². The molecule has 0 aromatic rings. The highest BCUT2D eigenvalue weighted by Gasteiger charge is 2.55. The molecule has 4 rings (SSSR count). The molecule has 4 unspecified atom stereocenters. The van der Waals surface area contributed by atoms with E-state index in [1.807, 2.05) is 6.08 Å². The van der Waals surface area contributed by atoms with Crippen molar-refractivity contribution in [1.29, 1.82) is 0 Å². The van der Waals surface area contributed by atoms with Gasteiger partial charge in [-0.3, -0.25) is 4.79 Å². The monoisotopic (exact) mass is 286 g/mol. The molecule has 0 spiro atoms. The first-order valence-electron chi connectivity index (χ1n) is 8.75. The van der Waals surface area contributed by atoms with Gasteiger partial charge in [0.25, 0.3) is 0 Å². The van der Waals surface area contributed by atoms with Crippen LogP contribution in [-0.4, -0.2) is 17.0 Å². The molecular formula is C19H26O2. The van der Waals surface area contributed by atoms with Crippen LogP contribution in [0.2, 0.25) is 0 Å². The zero-order chi connectivity index (χ0) is 14.6. The molecule has 4 aliphatic carbocycles. The van der Waals surface area contributed by atoms with Crippen LogP contribution >= 0.6 is 0 Å². The molecule has 0 saturated heterocycles. The SMILES string of the molecule is CC[C@]12CCC3C4CCC(=O)C=C4CCC3C1C=C[C@@H]2O. The molecule has 2 saturated carbocycles. The van der Waals surface area contributed by atoms with E-state index in [9.17, 15) is 9.90 Å². The molecule has 0 amide bonds. The van der Waals surface area contributed by atoms with Gasteiger partial charge in [0.15, 0.2) is 5.78 Å². The van der Waals surface area contributed by atoms with E-state index in [4.69, 9.17) is 0 Å². The predicted octanol–water partition coefficient (Wildman–Crippen LogP) is 3.66. The summed E-state index contributed by atoms with van der Waals surface area (Å²) >= 11 is 0. The van der Waals surface area contributed by atoms with Gasteiger partial charge in [-0.15, -0.1) is 0 Å². The summed E-state index contributed by atoms with van der Waals surface area (Å²) in [5, 5.41) is 10.5. The molecule has 4 aliphatic rings. The number of hydrogen-bond donors (Lipinski definition) is 1. The zero-order valence-corrected chi connectivity index (χ0v) is 12.9. The Bertz CT molecular complexity index is 518. The Kier molecular flexibility index (Phi) is 3.15. The van der Waals surface area contributed by atoms with Crippen molar-refractivity contribution in [2.75, 3.05) is 0 Å². The lowest BCUT2D eigenvalue weighted by Crippen LogP contribution is -2.49. The van der Waals surface area contributed by atoms with Crippen molar-refractivity contribution >= 4 is 5.78 Å². The van der Waals surface area contributed by atoms with Crippen LogP contribution in [0.4, 0.5) is 0 Å². The summed E-state index contributed by atoms with van der Waals surface area (Å²) in [6.07, 6.45) is 13.7. The normalized spacial score (nSPS) is 48.4. The van der Waals surface area contributed by atoms with Crippen molar-refractivity contribution in [2.45, 2.75) is 58.0 Å². The summed E-state index contributed by atoms with van der Waals surface area (Å²) in [4.78, 5) is 11.7. The van der Waals surface area contributed by atoms with Crippen LogP contribution < -0.4 is 0 Å². The molecule has 2 heteroatoms. The zero-order valence-electron chi connectivity index (χ0n) is 12.9. The van der Waals surface area contributed by atoms with Gasteiger partial charge in [-0.25, -0.2) is 0 Å². The van der Waals surface area contributed by atoms with E-state index in [0.717, 1.165) is 43.9 Å². The number of fused-ring (bicyclic) bond motifs is 5. The van der Waals surface area contributed by atoms with E-state index in [1.54, 1.807) is 0 Å². The Labute approximate surface area is 127 Å². The van der Waals surface area contributed by atoms with Crippen molar-refractivity contribution in [2.24, 2.45) is 29.1 Å². The summed E-state index contributed by atoms with van der Waals surface area (Å²) in [7, 11) is 0. The summed E-state index contributed by atoms with van der Waals surface area (Å²) in [6, 6.07) is 0. The third kappa shape index (κ3) is 1.84. The van der Waals surface area contributed by atoms with Crippen LogP contribution in [0.25, 0.3) is 0 Å². The Balaban J connectivity index is 1.65. The fourth-order valence-corrected chi connectivity index (χ4v) is 6.07. The fraction of sp³-hybridized carbons (Fsp3) is 0.737. The number of carbonyl (C=O) groups is 1. The average molecular weight is 286 g/mol. The second-order valence-electron chi connectivity index (χ2n) is 7.68. The lowest BCUT2D eigenvalue weighted by atomic mass is 9.51. The highest BCUT2D eigenvalue weighted by atomic mass is 16.3. The minimum Gasteiger partial charge on any atom is -0.388 e. The van der Waals surface area contributed by atoms with E-state index < -0.39 is 0 Å². The molecule has 0 radical (unpaired) electrons. The first-order valence-corrected chi connectivity index (χ1v) is 8.75. The van der Waals surface area contributed by atoms with Crippen LogP contribution in [0.3, 0.4) is 0 Å². The molecule has 114 valence electrons. The lowest BCUT2D eigenvalue weighted by molar-refractivity contribution is -0.116. The van der Waals surface area contributed by atoms with Crippen LogP contribution in [0.1, 0.15) is 51.9 Å². The third-order valence-electron chi connectivity index (χ3n) is 7.17. The summed E-state index contributed by atoms with van der Waals surface area (Å²) < 4.78 is 0. The van der Waals surface area contributed by atoms with Crippen molar-refractivity contribution < 1.29 is 9.90 Å². The Morgan fingerprint density at radius 2 is 2.05 bits per heavy atom. The average Bonchev–Trinajstić information content (AvgIpc) is 2.84. The first-order chi connectivity index (χ1) is 10.2. The molecule has 0 aliphatic heterocycles. The quantitative estimate of drug-likeness (QED) is 0.747. The minimum absolute atomic E-state index is 0.118. The minimum atomic E-state index is -0.238. The summed E-state index contributed by atoms with van der Waals surface area (Å²) in [5.74, 6) is 3.03. The number of hydrogen-bond acceptors (Lipinski definition) is 2. The van der Waals surface area contributed by atoms with Crippen molar-refractivity contribution in [3.05, 3.63) is 23.8 Å². The van der Waals surface area contributed by atoms with Gasteiger partial charge >= 0.3 is 0 Å². The van der Waals surface area contributed by atoms with Gasteiger partial charge in [-0.05, 0) is 68.3 Å². The van der Waals surface area contributed by atoms with Crippen molar-refractivity contribution in [1.82, 2.24) is 0 Å². The molecule has 0 aromatic heterocycles. The van der Waals surface area contributed by atoms with Crippen LogP contribution in [0.5, 0.6) is 0 Å². The molecule has 21 heavy (non-hydrogen) atoms. The van der Waals surface area contributed by atoms with Crippen molar-refractivity contribution in [3.63, 3.8) is 0 Å². The maximum atomic E-state index is 11.7. The van der Waals surface area contributed by atoms with E-state index in [1.165, 1.54) is 18.4 Å². The lowest BCUT2D eigenvalue weighted by Gasteiger charge is -2.54. The van der Waals surface area contributed by atoms with E-state index in [2.05, 4.69) is 19.1 Å². The van der Waals surface area contributed by atoms with Gasteiger partial charge in [-0.2, -0.15) is 0 Å². The molecule has 2 fully saturated rings. The summed E-state index contributed by atoms with van der Waals surface area (Å²) in [5.41, 5.74) is 1.56. The van der Waals surface area contributed by atoms with Gasteiger partial charge in [0.05, 0.1) is 6.10 Å². The molecule has 0 bridgehead atoms. The topological polar surface area (TPSA) is 37.3 Å². The molecule has 0 aromatic carbocycles. The molecular weight excluding hydrogens is 260 g/mol. The Morgan fingerprint density at radius 3 is 2.86 bits per heavy atom. The van der Waals surface area contributed by atoms with Crippen LogP contribution in [0, 0.1) is 29.1 Å². The van der Waals surface area contributed by atoms with Gasteiger partial charge in [-0.1, -0.05) is 24.6 Å². The van der Waals surface area contributed by atoms with Gasteiger partial charge in [0, 0.05) is 11.8 Å². The van der Waals surface area contributed by atoms with Crippen molar-refractivity contribution in [3.8, 4) is 0 Å². The number of allylic oxidation sites excluding steroid dienone is 3. The van der Waals surface area contributed by atoms with Gasteiger partial charge in [0.1, 0.15) is 0 Å². The molecule has 6 atom stereocenters. The predicted molar refractivity (Wildman–Crippen MR) is 82.6 cm³/mol. The van der Waals surface area contributed by atoms with Gasteiger partial charge < -0.3 is 5.11 Å². The van der Waals surface area contributed by atoms with E-state index in [0.29, 0.717) is 17.6 Å². The van der Waals surface area contributed by atoms with Gasteiger partial charge in [0.2, 0.25) is 0 Å². The number of ketones is 1. The standard InChI is InChI=1S/C19H26O2/c1-2-19-10-9-15-14-6-4-13(20)11-12(14)3-5-16(15)17(19)7-8-18(19)21/h7-8,11,14-18,21H,2-6,9-10H2,1H3/t14?,15?,16?,17?,18-,19-/m0/s1. The maximum Gasteiger partial charge on any atom is 0.155 e.